The highest BCUT2D eigenvalue weighted by molar-refractivity contribution is 6.39. The molecule has 1 saturated heterocycles. The Hall–Kier alpha value is -0.640. The summed E-state index contributed by atoms with van der Waals surface area (Å²) in [5.41, 5.74) is 0.959. The van der Waals surface area contributed by atoms with E-state index in [1.807, 2.05) is 0 Å². The fraction of sp³-hybridized carbons (Fsp3) is 0.684. The Bertz CT molecular complexity index is 660. The summed E-state index contributed by atoms with van der Waals surface area (Å²) in [6.07, 6.45) is -3.90. The van der Waals surface area contributed by atoms with E-state index in [0.717, 1.165) is 6.42 Å². The van der Waals surface area contributed by atoms with Gasteiger partial charge in [-0.1, -0.05) is 44.0 Å². The summed E-state index contributed by atoms with van der Waals surface area (Å²) in [5.74, 6) is -2.13. The standard InChI is InChI=1S/C19H29Cl2NO6/c1-18(2,3)5-4-13(23)10-6-11(20)15(12(21)7-10)22-9-19(27)17(26)16(25)14(24)8-28-19/h6-7,13-14,16-17,22-27H,4-5,8-9H2,1-3H3/t13?,14-,16+,17-,19?/m0/s1. The number of aliphatic hydroxyl groups is 5. The molecule has 7 nitrogen and oxygen atoms in total. The van der Waals surface area contributed by atoms with Crippen molar-refractivity contribution in [1.29, 1.82) is 0 Å². The van der Waals surface area contributed by atoms with E-state index in [-0.39, 0.29) is 28.6 Å². The van der Waals surface area contributed by atoms with Gasteiger partial charge in [0.05, 0.1) is 35.0 Å². The Morgan fingerprint density at radius 3 is 2.32 bits per heavy atom. The van der Waals surface area contributed by atoms with Gasteiger partial charge in [0.2, 0.25) is 5.79 Å². The normalized spacial score (nSPS) is 29.6. The van der Waals surface area contributed by atoms with Gasteiger partial charge in [-0.25, -0.2) is 0 Å². The van der Waals surface area contributed by atoms with Gasteiger partial charge in [0.1, 0.15) is 18.3 Å². The van der Waals surface area contributed by atoms with Crippen LogP contribution in [0.5, 0.6) is 0 Å². The first-order valence-electron chi connectivity index (χ1n) is 9.15. The zero-order valence-corrected chi connectivity index (χ0v) is 17.7. The van der Waals surface area contributed by atoms with Crippen LogP contribution in [-0.2, 0) is 4.74 Å². The van der Waals surface area contributed by atoms with Crippen LogP contribution in [0.25, 0.3) is 0 Å². The van der Waals surface area contributed by atoms with Crippen LogP contribution in [0.15, 0.2) is 12.1 Å². The van der Waals surface area contributed by atoms with E-state index in [1.54, 1.807) is 12.1 Å². The Kier molecular flexibility index (Phi) is 7.61. The predicted octanol–water partition coefficient (Wildman–Crippen LogP) is 2.07. The van der Waals surface area contributed by atoms with Crippen molar-refractivity contribution in [2.45, 2.75) is 63.8 Å². The Morgan fingerprint density at radius 2 is 1.79 bits per heavy atom. The molecule has 2 unspecified atom stereocenters. The summed E-state index contributed by atoms with van der Waals surface area (Å²) in [5, 5.41) is 53.3. The quantitative estimate of drug-likeness (QED) is 0.402. The predicted molar refractivity (Wildman–Crippen MR) is 108 cm³/mol. The number of halogens is 2. The highest BCUT2D eigenvalue weighted by atomic mass is 35.5. The lowest BCUT2D eigenvalue weighted by atomic mass is 9.88. The van der Waals surface area contributed by atoms with Crippen LogP contribution in [0.1, 0.15) is 45.3 Å². The molecule has 0 bridgehead atoms. The Morgan fingerprint density at radius 1 is 1.21 bits per heavy atom. The van der Waals surface area contributed by atoms with Gasteiger partial charge in [0.25, 0.3) is 0 Å². The van der Waals surface area contributed by atoms with Crippen molar-refractivity contribution in [3.05, 3.63) is 27.7 Å². The van der Waals surface area contributed by atoms with Crippen LogP contribution >= 0.6 is 23.2 Å². The third kappa shape index (κ3) is 5.70. The lowest BCUT2D eigenvalue weighted by Gasteiger charge is -2.41. The van der Waals surface area contributed by atoms with E-state index in [0.29, 0.717) is 17.7 Å². The first kappa shape index (κ1) is 23.6. The minimum atomic E-state index is -2.13. The van der Waals surface area contributed by atoms with E-state index in [1.165, 1.54) is 0 Å². The van der Waals surface area contributed by atoms with Gasteiger partial charge in [0, 0.05) is 0 Å². The van der Waals surface area contributed by atoms with Crippen molar-refractivity contribution >= 4 is 28.9 Å². The average molecular weight is 438 g/mol. The van der Waals surface area contributed by atoms with Gasteiger partial charge in [-0.05, 0) is 36.0 Å². The first-order valence-corrected chi connectivity index (χ1v) is 9.91. The van der Waals surface area contributed by atoms with Crippen LogP contribution in [0.2, 0.25) is 10.0 Å². The molecule has 1 heterocycles. The molecule has 0 aromatic heterocycles. The van der Waals surface area contributed by atoms with Crippen molar-refractivity contribution < 1.29 is 30.3 Å². The fourth-order valence-electron chi connectivity index (χ4n) is 2.95. The molecule has 1 aliphatic heterocycles. The molecule has 1 aromatic rings. The van der Waals surface area contributed by atoms with Crippen molar-refractivity contribution in [3.8, 4) is 0 Å². The SMILES string of the molecule is CC(C)(C)CCC(O)c1cc(Cl)c(NCC2(O)OC[C@H](O)[C@@H](O)[C@@H]2O)c(Cl)c1. The van der Waals surface area contributed by atoms with Crippen LogP contribution in [0.4, 0.5) is 5.69 Å². The molecule has 5 atom stereocenters. The molecule has 0 amide bonds. The van der Waals surface area contributed by atoms with Crippen molar-refractivity contribution in [1.82, 2.24) is 0 Å². The summed E-state index contributed by atoms with van der Waals surface area (Å²) < 4.78 is 5.09. The third-order valence-corrected chi connectivity index (χ3v) is 5.42. The van der Waals surface area contributed by atoms with E-state index >= 15 is 0 Å². The van der Waals surface area contributed by atoms with Gasteiger partial charge < -0.3 is 35.6 Å². The molecular weight excluding hydrogens is 409 g/mol. The lowest BCUT2D eigenvalue weighted by Crippen LogP contribution is -2.63. The average Bonchev–Trinajstić information content (AvgIpc) is 2.60. The smallest absolute Gasteiger partial charge is 0.212 e. The molecule has 9 heteroatoms. The van der Waals surface area contributed by atoms with Gasteiger partial charge >= 0.3 is 0 Å². The highest BCUT2D eigenvalue weighted by Crippen LogP contribution is 2.36. The molecule has 6 N–H and O–H groups in total. The number of aliphatic hydroxyl groups excluding tert-OH is 4. The number of rotatable bonds is 6. The van der Waals surface area contributed by atoms with E-state index in [4.69, 9.17) is 27.9 Å². The first-order chi connectivity index (χ1) is 12.8. The summed E-state index contributed by atoms with van der Waals surface area (Å²) >= 11 is 12.6. The second-order valence-corrected chi connectivity index (χ2v) is 9.30. The zero-order valence-electron chi connectivity index (χ0n) is 16.2. The molecule has 1 aromatic carbocycles. The molecule has 1 aliphatic rings. The number of nitrogens with one attached hydrogen (secondary N) is 1. The number of hydrogen-bond donors (Lipinski definition) is 6. The van der Waals surface area contributed by atoms with E-state index in [2.05, 4.69) is 26.1 Å². The van der Waals surface area contributed by atoms with Gasteiger partial charge in [-0.3, -0.25) is 0 Å². The van der Waals surface area contributed by atoms with Crippen LogP contribution in [-0.4, -0.2) is 62.8 Å². The largest absolute Gasteiger partial charge is 0.388 e. The topological polar surface area (TPSA) is 122 Å². The van der Waals surface area contributed by atoms with Crippen LogP contribution < -0.4 is 5.32 Å². The zero-order chi connectivity index (χ0) is 21.3. The maximum Gasteiger partial charge on any atom is 0.212 e. The minimum absolute atomic E-state index is 0.0878. The highest BCUT2D eigenvalue weighted by Gasteiger charge is 2.48. The number of anilines is 1. The number of benzene rings is 1. The second-order valence-electron chi connectivity index (χ2n) is 8.49. The number of ether oxygens (including phenoxy) is 1. The lowest BCUT2D eigenvalue weighted by molar-refractivity contribution is -0.313. The van der Waals surface area contributed by atoms with Crippen LogP contribution in [0.3, 0.4) is 0 Å². The maximum absolute atomic E-state index is 10.4. The summed E-state index contributed by atoms with van der Waals surface area (Å²) in [4.78, 5) is 0. The van der Waals surface area contributed by atoms with Gasteiger partial charge in [-0.2, -0.15) is 0 Å². The maximum atomic E-state index is 10.4. The van der Waals surface area contributed by atoms with Gasteiger partial charge in [0.15, 0.2) is 0 Å². The molecule has 0 saturated carbocycles. The molecule has 0 aliphatic carbocycles. The Balaban J connectivity index is 2.09. The summed E-state index contributed by atoms with van der Waals surface area (Å²) in [7, 11) is 0. The molecule has 28 heavy (non-hydrogen) atoms. The molecule has 1 fully saturated rings. The van der Waals surface area contributed by atoms with Crippen molar-refractivity contribution in [2.75, 3.05) is 18.5 Å². The molecule has 0 radical (unpaired) electrons. The van der Waals surface area contributed by atoms with E-state index in [9.17, 15) is 25.5 Å². The summed E-state index contributed by atoms with van der Waals surface area (Å²) in [6.45, 7) is 5.61. The number of hydrogen-bond acceptors (Lipinski definition) is 7. The molecule has 2 rings (SSSR count). The van der Waals surface area contributed by atoms with Gasteiger partial charge in [-0.15, -0.1) is 0 Å². The second kappa shape index (κ2) is 9.02. The minimum Gasteiger partial charge on any atom is -0.388 e. The van der Waals surface area contributed by atoms with Crippen molar-refractivity contribution in [2.24, 2.45) is 5.41 Å². The molecular formula is C19H29Cl2NO6. The monoisotopic (exact) mass is 437 g/mol. The van der Waals surface area contributed by atoms with Crippen LogP contribution in [0, 0.1) is 5.41 Å². The van der Waals surface area contributed by atoms with E-state index < -0.39 is 30.2 Å². The summed E-state index contributed by atoms with van der Waals surface area (Å²) in [6, 6.07) is 3.17. The fourth-order valence-corrected chi connectivity index (χ4v) is 3.59. The van der Waals surface area contributed by atoms with Crippen molar-refractivity contribution in [3.63, 3.8) is 0 Å². The third-order valence-electron chi connectivity index (χ3n) is 4.82. The Labute approximate surface area is 174 Å². The molecule has 160 valence electrons. The molecule has 0 spiro atoms.